The molecule has 0 saturated heterocycles. The van der Waals surface area contributed by atoms with Crippen molar-refractivity contribution in [2.24, 2.45) is 5.10 Å². The number of benzene rings is 1. The number of nitrogens with zero attached hydrogens (tertiary/aromatic N) is 2. The van der Waals surface area contributed by atoms with Crippen molar-refractivity contribution in [2.75, 3.05) is 0 Å². The summed E-state index contributed by atoms with van der Waals surface area (Å²) in [5.41, 5.74) is 0.725. The predicted octanol–water partition coefficient (Wildman–Crippen LogP) is 3.09. The molecule has 1 aromatic heterocycles. The Labute approximate surface area is 141 Å². The number of carbonyl (C=O) groups is 2. The van der Waals surface area contributed by atoms with Gasteiger partial charge in [0.2, 0.25) is 11.8 Å². The van der Waals surface area contributed by atoms with Crippen molar-refractivity contribution in [3.8, 4) is 11.3 Å². The molecule has 0 unspecified atom stereocenters. The molecule has 0 saturated carbocycles. The Morgan fingerprint density at radius 2 is 1.92 bits per heavy atom. The Bertz CT molecular complexity index is 816. The van der Waals surface area contributed by atoms with E-state index in [1.54, 1.807) is 24.3 Å². The van der Waals surface area contributed by atoms with Crippen LogP contribution < -0.4 is 5.32 Å². The van der Waals surface area contributed by atoms with Crippen molar-refractivity contribution in [3.63, 3.8) is 0 Å². The van der Waals surface area contributed by atoms with E-state index in [0.29, 0.717) is 16.7 Å². The fraction of sp³-hybridized carbons (Fsp3) is 0.188. The van der Waals surface area contributed by atoms with Crippen LogP contribution in [0.25, 0.3) is 11.3 Å². The number of furan rings is 1. The van der Waals surface area contributed by atoms with Gasteiger partial charge in [-0.2, -0.15) is 0 Å². The fourth-order valence-electron chi connectivity index (χ4n) is 2.20. The molecule has 2 amide bonds. The summed E-state index contributed by atoms with van der Waals surface area (Å²) < 4.78 is 18.8. The molecule has 6 nitrogen and oxygen atoms in total. The molecule has 1 aromatic carbocycles. The lowest BCUT2D eigenvalue weighted by Crippen LogP contribution is -2.25. The van der Waals surface area contributed by atoms with Gasteiger partial charge in [-0.25, -0.2) is 9.40 Å². The number of hydrazone groups is 1. The van der Waals surface area contributed by atoms with Gasteiger partial charge in [-0.15, -0.1) is 5.10 Å². The summed E-state index contributed by atoms with van der Waals surface area (Å²) in [4.78, 5) is 23.0. The Morgan fingerprint density at radius 3 is 2.54 bits per heavy atom. The second-order valence-corrected chi connectivity index (χ2v) is 6.20. The lowest BCUT2D eigenvalue weighted by Gasteiger charge is -2.16. The normalized spacial score (nSPS) is 16.9. The predicted molar refractivity (Wildman–Crippen MR) is 88.2 cm³/mol. The summed E-state index contributed by atoms with van der Waals surface area (Å²) in [6, 6.07) is 9.41. The van der Waals surface area contributed by atoms with Gasteiger partial charge in [0.25, 0.3) is 0 Å². The number of hydrogen-bond donors (Lipinski definition) is 1. The summed E-state index contributed by atoms with van der Waals surface area (Å²) in [6.07, 6.45) is 0. The number of rotatable bonds is 2. The molecule has 0 bridgehead atoms. The summed E-state index contributed by atoms with van der Waals surface area (Å²) >= 11 is 1.21. The number of thioether (sulfide) groups is 1. The number of carbonyl (C=O) groups excluding carboxylic acids is 2. The fourth-order valence-corrected chi connectivity index (χ4v) is 3.29. The van der Waals surface area contributed by atoms with E-state index in [0.717, 1.165) is 5.56 Å². The third kappa shape index (κ3) is 3.33. The van der Waals surface area contributed by atoms with E-state index in [1.807, 2.05) is 0 Å². The summed E-state index contributed by atoms with van der Waals surface area (Å²) in [5, 5.41) is 7.76. The Morgan fingerprint density at radius 1 is 1.21 bits per heavy atom. The zero-order valence-corrected chi connectivity index (χ0v) is 13.8. The maximum absolute atomic E-state index is 13.0. The van der Waals surface area contributed by atoms with Gasteiger partial charge in [-0.05, 0) is 36.4 Å². The number of amides is 2. The number of halogens is 1. The molecular weight excluding hydrogens is 333 g/mol. The lowest BCUT2D eigenvalue weighted by molar-refractivity contribution is -0.129. The van der Waals surface area contributed by atoms with E-state index >= 15 is 0 Å². The highest BCUT2D eigenvalue weighted by Gasteiger charge is 2.34. The van der Waals surface area contributed by atoms with Crippen LogP contribution in [0.15, 0.2) is 45.9 Å². The first-order valence-corrected chi connectivity index (χ1v) is 8.00. The molecule has 2 heterocycles. The molecule has 1 atom stereocenters. The van der Waals surface area contributed by atoms with Crippen LogP contribution in [-0.4, -0.2) is 22.0 Å². The second-order valence-electron chi connectivity index (χ2n) is 5.13. The molecule has 0 spiro atoms. The maximum Gasteiger partial charge on any atom is 0.241 e. The van der Waals surface area contributed by atoms with E-state index in [1.165, 1.54) is 42.8 Å². The first-order chi connectivity index (χ1) is 11.4. The zero-order chi connectivity index (χ0) is 17.3. The standard InChI is InChI=1S/C16H14FN3O3S/c1-9(21)18-16-19-20(10(2)22)15(24-16)14-8-7-13(23-14)11-3-5-12(17)6-4-11/h3-8,15H,1-2H3,(H,18,19,21)/t15-/m0/s1. The second kappa shape index (κ2) is 6.48. The monoisotopic (exact) mass is 347 g/mol. The average molecular weight is 347 g/mol. The first kappa shape index (κ1) is 16.3. The molecule has 24 heavy (non-hydrogen) atoms. The van der Waals surface area contributed by atoms with Crippen molar-refractivity contribution < 1.29 is 18.4 Å². The van der Waals surface area contributed by atoms with Crippen LogP contribution in [-0.2, 0) is 9.59 Å². The quantitative estimate of drug-likeness (QED) is 0.906. The molecule has 1 aliphatic rings. The van der Waals surface area contributed by atoms with Crippen molar-refractivity contribution in [1.82, 2.24) is 10.3 Å². The topological polar surface area (TPSA) is 74.9 Å². The van der Waals surface area contributed by atoms with Crippen LogP contribution in [0.1, 0.15) is 25.0 Å². The summed E-state index contributed by atoms with van der Waals surface area (Å²) in [5.74, 6) is 0.207. The molecule has 124 valence electrons. The lowest BCUT2D eigenvalue weighted by atomic mass is 10.2. The minimum Gasteiger partial charge on any atom is -0.458 e. The molecular formula is C16H14FN3O3S. The average Bonchev–Trinajstić information content (AvgIpc) is 3.14. The molecule has 1 aliphatic heterocycles. The smallest absolute Gasteiger partial charge is 0.241 e. The molecule has 0 fully saturated rings. The number of hydrogen-bond acceptors (Lipinski definition) is 5. The highest BCUT2D eigenvalue weighted by Crippen LogP contribution is 2.40. The minimum atomic E-state index is -0.501. The van der Waals surface area contributed by atoms with Crippen LogP contribution in [0.2, 0.25) is 0 Å². The highest BCUT2D eigenvalue weighted by molar-refractivity contribution is 8.14. The van der Waals surface area contributed by atoms with Gasteiger partial charge in [0.05, 0.1) is 0 Å². The van der Waals surface area contributed by atoms with Gasteiger partial charge in [-0.1, -0.05) is 11.8 Å². The van der Waals surface area contributed by atoms with Crippen LogP contribution in [0.4, 0.5) is 4.39 Å². The first-order valence-electron chi connectivity index (χ1n) is 7.12. The van der Waals surface area contributed by atoms with Gasteiger partial charge in [0.15, 0.2) is 10.5 Å². The highest BCUT2D eigenvalue weighted by atomic mass is 32.2. The molecule has 0 radical (unpaired) electrons. The van der Waals surface area contributed by atoms with Gasteiger partial charge < -0.3 is 9.73 Å². The van der Waals surface area contributed by atoms with Gasteiger partial charge in [0, 0.05) is 19.4 Å². The molecule has 2 aromatic rings. The maximum atomic E-state index is 13.0. The van der Waals surface area contributed by atoms with E-state index < -0.39 is 5.37 Å². The SMILES string of the molecule is CC(=O)NC1=NN(C(C)=O)[C@H](c2ccc(-c3ccc(F)cc3)o2)S1. The third-order valence-corrected chi connectivity index (χ3v) is 4.31. The summed E-state index contributed by atoms with van der Waals surface area (Å²) in [6.45, 7) is 2.76. The van der Waals surface area contributed by atoms with Crippen molar-refractivity contribution in [3.05, 3.63) is 48.0 Å². The van der Waals surface area contributed by atoms with Crippen molar-refractivity contribution in [2.45, 2.75) is 19.2 Å². The van der Waals surface area contributed by atoms with E-state index in [-0.39, 0.29) is 17.6 Å². The largest absolute Gasteiger partial charge is 0.458 e. The van der Waals surface area contributed by atoms with Gasteiger partial charge in [0.1, 0.15) is 17.3 Å². The molecule has 0 aliphatic carbocycles. The Balaban J connectivity index is 1.85. The van der Waals surface area contributed by atoms with Crippen LogP contribution in [0.5, 0.6) is 0 Å². The third-order valence-electron chi connectivity index (χ3n) is 3.25. The van der Waals surface area contributed by atoms with Gasteiger partial charge >= 0.3 is 0 Å². The van der Waals surface area contributed by atoms with Crippen molar-refractivity contribution >= 4 is 28.7 Å². The van der Waals surface area contributed by atoms with E-state index in [9.17, 15) is 14.0 Å². The van der Waals surface area contributed by atoms with Crippen LogP contribution in [0, 0.1) is 5.82 Å². The van der Waals surface area contributed by atoms with Crippen LogP contribution in [0.3, 0.4) is 0 Å². The zero-order valence-electron chi connectivity index (χ0n) is 12.9. The molecule has 1 N–H and O–H groups in total. The summed E-state index contributed by atoms with van der Waals surface area (Å²) in [7, 11) is 0. The van der Waals surface area contributed by atoms with Gasteiger partial charge in [-0.3, -0.25) is 9.59 Å². The van der Waals surface area contributed by atoms with E-state index in [2.05, 4.69) is 10.4 Å². The van der Waals surface area contributed by atoms with E-state index in [4.69, 9.17) is 4.42 Å². The number of amidine groups is 1. The number of nitrogens with one attached hydrogen (secondary N) is 1. The molecule has 8 heteroatoms. The van der Waals surface area contributed by atoms with Crippen molar-refractivity contribution in [1.29, 1.82) is 0 Å². The minimum absolute atomic E-state index is 0.267. The van der Waals surface area contributed by atoms with Crippen LogP contribution >= 0.6 is 11.8 Å². The Hall–Kier alpha value is -2.61. The molecule has 3 rings (SSSR count). The Kier molecular flexibility index (Phi) is 4.39.